The highest BCUT2D eigenvalue weighted by Gasteiger charge is 2.38. The molecule has 1 aliphatic carbocycles. The molecule has 33 heavy (non-hydrogen) atoms. The Morgan fingerprint density at radius 2 is 2.00 bits per heavy atom. The number of aromatic nitrogens is 3. The lowest BCUT2D eigenvalue weighted by atomic mass is 9.93. The van der Waals surface area contributed by atoms with Crippen LogP contribution in [0.5, 0.6) is 0 Å². The van der Waals surface area contributed by atoms with E-state index in [1.54, 1.807) is 6.08 Å². The number of hydrogen-bond donors (Lipinski definition) is 0. The summed E-state index contributed by atoms with van der Waals surface area (Å²) in [6.07, 6.45) is 7.62. The highest BCUT2D eigenvalue weighted by atomic mass is 32.2. The van der Waals surface area contributed by atoms with Crippen molar-refractivity contribution in [1.29, 1.82) is 0 Å². The van der Waals surface area contributed by atoms with Gasteiger partial charge in [-0.3, -0.25) is 9.36 Å². The molecule has 1 saturated carbocycles. The van der Waals surface area contributed by atoms with E-state index in [0.29, 0.717) is 18.1 Å². The third-order valence-corrected chi connectivity index (χ3v) is 9.19. The lowest BCUT2D eigenvalue weighted by Crippen LogP contribution is -2.49. The van der Waals surface area contributed by atoms with Crippen LogP contribution in [0.3, 0.4) is 0 Å². The van der Waals surface area contributed by atoms with Gasteiger partial charge in [0.2, 0.25) is 5.91 Å². The third-order valence-electron chi connectivity index (χ3n) is 6.49. The van der Waals surface area contributed by atoms with Crippen LogP contribution in [0, 0.1) is 6.92 Å². The zero-order chi connectivity index (χ0) is 23.4. The Bertz CT molecular complexity index is 1110. The predicted octanol–water partition coefficient (Wildman–Crippen LogP) is 3.88. The normalized spacial score (nSPS) is 20.6. The second-order valence-corrected chi connectivity index (χ2v) is 12.2. The van der Waals surface area contributed by atoms with Crippen LogP contribution in [0.15, 0.2) is 42.1 Å². The zero-order valence-electron chi connectivity index (χ0n) is 19.1. The van der Waals surface area contributed by atoms with Gasteiger partial charge in [-0.2, -0.15) is 0 Å². The largest absolute Gasteiger partial charge is 0.335 e. The van der Waals surface area contributed by atoms with Crippen molar-refractivity contribution in [2.75, 3.05) is 17.3 Å². The Kier molecular flexibility index (Phi) is 7.58. The lowest BCUT2D eigenvalue weighted by molar-refractivity contribution is -0.133. The van der Waals surface area contributed by atoms with Crippen molar-refractivity contribution in [3.8, 4) is 11.4 Å². The molecule has 1 saturated heterocycles. The molecule has 0 spiro atoms. The Labute approximate surface area is 200 Å². The van der Waals surface area contributed by atoms with Gasteiger partial charge in [0.05, 0.1) is 17.3 Å². The van der Waals surface area contributed by atoms with E-state index in [4.69, 9.17) is 0 Å². The van der Waals surface area contributed by atoms with Gasteiger partial charge in [0, 0.05) is 24.2 Å². The maximum atomic E-state index is 13.4. The van der Waals surface area contributed by atoms with Gasteiger partial charge in [-0.1, -0.05) is 60.9 Å². The van der Waals surface area contributed by atoms with Gasteiger partial charge in [-0.05, 0) is 32.3 Å². The van der Waals surface area contributed by atoms with Gasteiger partial charge in [-0.15, -0.1) is 16.8 Å². The van der Waals surface area contributed by atoms with Gasteiger partial charge in [0.25, 0.3) is 0 Å². The van der Waals surface area contributed by atoms with Crippen LogP contribution < -0.4 is 0 Å². The van der Waals surface area contributed by atoms with Gasteiger partial charge in [0.1, 0.15) is 0 Å². The van der Waals surface area contributed by atoms with Crippen LogP contribution in [-0.2, 0) is 21.2 Å². The second-order valence-electron chi connectivity index (χ2n) is 9.01. The van der Waals surface area contributed by atoms with Crippen LogP contribution in [0.25, 0.3) is 11.4 Å². The predicted molar refractivity (Wildman–Crippen MR) is 132 cm³/mol. The number of sulfone groups is 1. The van der Waals surface area contributed by atoms with Crippen molar-refractivity contribution in [2.24, 2.45) is 0 Å². The summed E-state index contributed by atoms with van der Waals surface area (Å²) in [5, 5.41) is 9.43. The van der Waals surface area contributed by atoms with Crippen molar-refractivity contribution < 1.29 is 13.2 Å². The minimum atomic E-state index is -3.06. The van der Waals surface area contributed by atoms with Crippen LogP contribution in [-0.4, -0.2) is 63.3 Å². The summed E-state index contributed by atoms with van der Waals surface area (Å²) in [6.45, 7) is 6.44. The molecule has 4 rings (SSSR count). The summed E-state index contributed by atoms with van der Waals surface area (Å²) >= 11 is 1.37. The third kappa shape index (κ3) is 5.69. The van der Waals surface area contributed by atoms with E-state index < -0.39 is 9.84 Å². The number of allylic oxidation sites excluding steroid dienone is 1. The molecular formula is C24H32N4O3S2. The molecule has 0 N–H and O–H groups in total. The molecule has 0 radical (unpaired) electrons. The zero-order valence-corrected chi connectivity index (χ0v) is 20.8. The molecule has 1 aromatic carbocycles. The number of carbonyl (C=O) groups excluding carboxylic acids is 1. The average Bonchev–Trinajstić information content (AvgIpc) is 3.36. The van der Waals surface area contributed by atoms with Gasteiger partial charge in [0.15, 0.2) is 20.8 Å². The molecule has 0 bridgehead atoms. The lowest BCUT2D eigenvalue weighted by Gasteiger charge is -2.38. The van der Waals surface area contributed by atoms with E-state index >= 15 is 0 Å². The summed E-state index contributed by atoms with van der Waals surface area (Å²) in [6, 6.07) is 8.02. The first-order chi connectivity index (χ1) is 15.9. The van der Waals surface area contributed by atoms with Crippen LogP contribution in [0.2, 0.25) is 0 Å². The molecule has 1 aliphatic heterocycles. The first-order valence-corrected chi connectivity index (χ1v) is 14.4. The molecule has 2 fully saturated rings. The molecular weight excluding hydrogens is 456 g/mol. The van der Waals surface area contributed by atoms with E-state index in [1.807, 2.05) is 34.6 Å². The highest BCUT2D eigenvalue weighted by Crippen LogP contribution is 2.30. The number of thioether (sulfide) groups is 1. The molecule has 1 aromatic heterocycles. The van der Waals surface area contributed by atoms with E-state index in [-0.39, 0.29) is 35.2 Å². The van der Waals surface area contributed by atoms with E-state index in [2.05, 4.69) is 22.8 Å². The van der Waals surface area contributed by atoms with E-state index in [9.17, 15) is 13.2 Å². The first kappa shape index (κ1) is 24.0. The van der Waals surface area contributed by atoms with E-state index in [1.165, 1.54) is 18.2 Å². The summed E-state index contributed by atoms with van der Waals surface area (Å²) in [4.78, 5) is 15.3. The van der Waals surface area contributed by atoms with Crippen molar-refractivity contribution in [1.82, 2.24) is 19.7 Å². The number of benzene rings is 1. The summed E-state index contributed by atoms with van der Waals surface area (Å²) in [5.41, 5.74) is 2.11. The Balaban J connectivity index is 1.53. The van der Waals surface area contributed by atoms with Gasteiger partial charge < -0.3 is 4.90 Å². The molecule has 178 valence electrons. The molecule has 1 amide bonds. The quantitative estimate of drug-likeness (QED) is 0.414. The fourth-order valence-corrected chi connectivity index (χ4v) is 7.48. The van der Waals surface area contributed by atoms with Crippen LogP contribution >= 0.6 is 11.8 Å². The van der Waals surface area contributed by atoms with Crippen molar-refractivity contribution in [3.63, 3.8) is 0 Å². The van der Waals surface area contributed by atoms with E-state index in [0.717, 1.165) is 42.6 Å². The monoisotopic (exact) mass is 488 g/mol. The molecule has 2 aliphatic rings. The number of aryl methyl sites for hydroxylation is 1. The van der Waals surface area contributed by atoms with Gasteiger partial charge >= 0.3 is 0 Å². The average molecular weight is 489 g/mol. The number of carbonyl (C=O) groups is 1. The number of amides is 1. The molecule has 9 heteroatoms. The summed E-state index contributed by atoms with van der Waals surface area (Å²) in [7, 11) is -3.06. The number of hydrogen-bond acceptors (Lipinski definition) is 6. The Morgan fingerprint density at radius 3 is 2.67 bits per heavy atom. The Morgan fingerprint density at radius 1 is 1.21 bits per heavy atom. The fraction of sp³-hybridized carbons (Fsp3) is 0.542. The smallest absolute Gasteiger partial charge is 0.233 e. The minimum Gasteiger partial charge on any atom is -0.335 e. The van der Waals surface area contributed by atoms with Gasteiger partial charge in [-0.25, -0.2) is 8.42 Å². The Hall–Kier alpha value is -2.13. The summed E-state index contributed by atoms with van der Waals surface area (Å²) in [5.74, 6) is 1.23. The first-order valence-electron chi connectivity index (χ1n) is 11.6. The summed E-state index contributed by atoms with van der Waals surface area (Å²) < 4.78 is 26.2. The van der Waals surface area contributed by atoms with Crippen molar-refractivity contribution >= 4 is 27.5 Å². The fourth-order valence-electron chi connectivity index (χ4n) is 4.95. The number of rotatable bonds is 8. The molecule has 7 nitrogen and oxygen atoms in total. The van der Waals surface area contributed by atoms with Crippen LogP contribution in [0.4, 0.5) is 0 Å². The number of nitrogens with zero attached hydrogens (tertiary/aromatic N) is 4. The minimum absolute atomic E-state index is 0.000686. The maximum Gasteiger partial charge on any atom is 0.233 e. The standard InChI is InChI=1S/C24H32N4O3S2/c1-3-13-27-23(19-9-7-8-18(2)15-19)25-26-24(27)32-16-22(29)28(20-10-5-4-6-11-20)21-12-14-33(30,31)17-21/h3,7-9,15,20-21H,1,4-6,10-14,16-17H2,2H3/t21-/m1/s1. The maximum absolute atomic E-state index is 13.4. The molecule has 1 atom stereocenters. The second kappa shape index (κ2) is 10.4. The SMILES string of the molecule is C=CCn1c(SCC(=O)N(C2CCCCC2)[C@@H]2CCS(=O)(=O)C2)nnc1-c1cccc(C)c1. The van der Waals surface area contributed by atoms with Crippen LogP contribution in [0.1, 0.15) is 44.1 Å². The topological polar surface area (TPSA) is 85.2 Å². The highest BCUT2D eigenvalue weighted by molar-refractivity contribution is 7.99. The molecule has 2 heterocycles. The molecule has 2 aromatic rings. The van der Waals surface area contributed by atoms with Crippen molar-refractivity contribution in [3.05, 3.63) is 42.5 Å². The van der Waals surface area contributed by atoms with Crippen molar-refractivity contribution in [2.45, 2.75) is 69.2 Å². The molecule has 0 unspecified atom stereocenters.